The molecule has 0 N–H and O–H groups in total. The molecule has 0 saturated carbocycles. The average molecular weight is 608 g/mol. The monoisotopic (exact) mass is 606 g/mol. The molecule has 8 nitrogen and oxygen atoms in total. The number of unbranched alkanes of at least 4 members (excludes halogenated alkanes) is 1. The summed E-state index contributed by atoms with van der Waals surface area (Å²) in [6.45, 7) is 13.9. The first kappa shape index (κ1) is 32.8. The molecule has 2 aromatic carbocycles. The summed E-state index contributed by atoms with van der Waals surface area (Å²) in [4.78, 5) is 33.0. The number of benzene rings is 2. The average Bonchev–Trinajstić information content (AvgIpc) is 2.96. The summed E-state index contributed by atoms with van der Waals surface area (Å²) in [5.41, 5.74) is 2.58. The molecule has 1 aliphatic rings. The van der Waals surface area contributed by atoms with Crippen LogP contribution in [0.4, 0.5) is 16.2 Å². The van der Waals surface area contributed by atoms with Crippen molar-refractivity contribution in [3.05, 3.63) is 52.0 Å². The zero-order chi connectivity index (χ0) is 29.8. The molecule has 0 bridgehead atoms. The first-order valence-electron chi connectivity index (χ1n) is 14.6. The number of hydrogen-bond acceptors (Lipinski definition) is 6. The maximum atomic E-state index is 12.6. The largest absolute Gasteiger partial charge is 0.494 e. The standard InChI is InChI=1S/C31H44Cl2N4O4/c1-5-14-36(15-6-2)31(39)41-23-37(25(4)38)29-22-26(13-12-24(29)3)40-21-8-7-16-34-17-19-35(20-18-34)28-11-9-10-27(32)30(28)33/h9-13,22H,5-8,14-21,23H2,1-4H3. The third-order valence-corrected chi connectivity index (χ3v) is 8.00. The van der Waals surface area contributed by atoms with Crippen molar-refractivity contribution >= 4 is 46.6 Å². The maximum absolute atomic E-state index is 12.6. The van der Waals surface area contributed by atoms with Crippen molar-refractivity contribution in [3.8, 4) is 5.75 Å². The molecule has 0 spiro atoms. The molecule has 3 rings (SSSR count). The Labute approximate surface area is 255 Å². The molecule has 2 amide bonds. The van der Waals surface area contributed by atoms with Crippen molar-refractivity contribution in [2.75, 3.05) is 69.0 Å². The maximum Gasteiger partial charge on any atom is 0.411 e. The first-order chi connectivity index (χ1) is 19.7. The van der Waals surface area contributed by atoms with Crippen LogP contribution in [0.1, 0.15) is 52.0 Å². The summed E-state index contributed by atoms with van der Waals surface area (Å²) in [7, 11) is 0. The van der Waals surface area contributed by atoms with Gasteiger partial charge in [0.15, 0.2) is 6.73 Å². The Morgan fingerprint density at radius 3 is 2.34 bits per heavy atom. The molecular formula is C31H44Cl2N4O4. The van der Waals surface area contributed by atoms with Crippen LogP contribution < -0.4 is 14.5 Å². The second-order valence-electron chi connectivity index (χ2n) is 10.4. The van der Waals surface area contributed by atoms with Gasteiger partial charge in [0.1, 0.15) is 5.75 Å². The number of nitrogens with zero attached hydrogens (tertiary/aromatic N) is 4. The summed E-state index contributed by atoms with van der Waals surface area (Å²) in [6, 6.07) is 11.5. The predicted octanol–water partition coefficient (Wildman–Crippen LogP) is 6.85. The van der Waals surface area contributed by atoms with E-state index in [1.165, 1.54) is 11.8 Å². The minimum absolute atomic E-state index is 0.140. The number of piperazine rings is 1. The molecule has 2 aromatic rings. The number of carbonyl (C=O) groups is 2. The molecule has 0 aromatic heterocycles. The van der Waals surface area contributed by atoms with Gasteiger partial charge in [-0.15, -0.1) is 0 Å². The number of hydrogen-bond donors (Lipinski definition) is 0. The highest BCUT2D eigenvalue weighted by molar-refractivity contribution is 6.43. The Morgan fingerprint density at radius 1 is 0.976 bits per heavy atom. The Kier molecular flexibility index (Phi) is 13.4. The molecule has 226 valence electrons. The first-order valence-corrected chi connectivity index (χ1v) is 15.3. The van der Waals surface area contributed by atoms with E-state index in [0.717, 1.165) is 69.7 Å². The SMILES string of the molecule is CCCN(CCC)C(=O)OCN(C(C)=O)c1cc(OCCCCN2CCN(c3cccc(Cl)c3Cl)CC2)ccc1C. The van der Waals surface area contributed by atoms with Gasteiger partial charge >= 0.3 is 6.09 Å². The lowest BCUT2D eigenvalue weighted by Gasteiger charge is -2.36. The molecule has 1 aliphatic heterocycles. The van der Waals surface area contributed by atoms with Crippen molar-refractivity contribution in [1.82, 2.24) is 9.80 Å². The molecule has 10 heteroatoms. The van der Waals surface area contributed by atoms with Gasteiger partial charge in [-0.2, -0.15) is 0 Å². The molecule has 0 unspecified atom stereocenters. The minimum Gasteiger partial charge on any atom is -0.494 e. The summed E-state index contributed by atoms with van der Waals surface area (Å²) in [5, 5.41) is 1.21. The van der Waals surface area contributed by atoms with E-state index in [4.69, 9.17) is 32.7 Å². The molecule has 1 saturated heterocycles. The third kappa shape index (κ3) is 9.69. The van der Waals surface area contributed by atoms with Gasteiger partial charge in [-0.1, -0.05) is 49.2 Å². The van der Waals surface area contributed by atoms with E-state index in [2.05, 4.69) is 9.80 Å². The zero-order valence-corrected chi connectivity index (χ0v) is 26.3. The van der Waals surface area contributed by atoms with Crippen molar-refractivity contribution in [2.24, 2.45) is 0 Å². The van der Waals surface area contributed by atoms with Crippen molar-refractivity contribution in [3.63, 3.8) is 0 Å². The number of ether oxygens (including phenoxy) is 2. The van der Waals surface area contributed by atoms with Crippen molar-refractivity contribution in [2.45, 2.75) is 53.4 Å². The van der Waals surface area contributed by atoms with Crippen LogP contribution in [0.2, 0.25) is 10.0 Å². The van der Waals surface area contributed by atoms with Gasteiger partial charge in [0.2, 0.25) is 5.91 Å². The number of amides is 2. The second kappa shape index (κ2) is 16.7. The molecule has 0 atom stereocenters. The van der Waals surface area contributed by atoms with Crippen LogP contribution in [0.25, 0.3) is 0 Å². The highest BCUT2D eigenvalue weighted by Gasteiger charge is 2.21. The Bertz CT molecular complexity index is 1140. The highest BCUT2D eigenvalue weighted by atomic mass is 35.5. The van der Waals surface area contributed by atoms with Crippen LogP contribution in [0.5, 0.6) is 5.75 Å². The van der Waals surface area contributed by atoms with Gasteiger partial charge < -0.3 is 19.3 Å². The second-order valence-corrected chi connectivity index (χ2v) is 11.2. The smallest absolute Gasteiger partial charge is 0.411 e. The summed E-state index contributed by atoms with van der Waals surface area (Å²) in [6.07, 6.45) is 3.24. The third-order valence-electron chi connectivity index (χ3n) is 7.20. The van der Waals surface area contributed by atoms with Gasteiger partial charge in [-0.3, -0.25) is 14.6 Å². The van der Waals surface area contributed by atoms with Crippen LogP contribution in [-0.4, -0.2) is 81.0 Å². The molecule has 1 heterocycles. The molecular weight excluding hydrogens is 563 g/mol. The number of aryl methyl sites for hydroxylation is 1. The van der Waals surface area contributed by atoms with E-state index in [0.29, 0.717) is 41.2 Å². The highest BCUT2D eigenvalue weighted by Crippen LogP contribution is 2.33. The Hall–Kier alpha value is -2.68. The summed E-state index contributed by atoms with van der Waals surface area (Å²) >= 11 is 12.6. The lowest BCUT2D eigenvalue weighted by Crippen LogP contribution is -2.46. The number of rotatable bonds is 14. The molecule has 1 fully saturated rings. The number of halogens is 2. The number of anilines is 2. The lowest BCUT2D eigenvalue weighted by atomic mass is 10.1. The van der Waals surface area contributed by atoms with E-state index in [1.54, 1.807) is 4.90 Å². The van der Waals surface area contributed by atoms with Crippen LogP contribution in [0, 0.1) is 6.92 Å². The molecule has 41 heavy (non-hydrogen) atoms. The van der Waals surface area contributed by atoms with E-state index in [1.807, 2.05) is 57.2 Å². The van der Waals surface area contributed by atoms with E-state index in [-0.39, 0.29) is 12.6 Å². The quantitative estimate of drug-likeness (QED) is 0.173. The van der Waals surface area contributed by atoms with Crippen LogP contribution in [0.3, 0.4) is 0 Å². The molecule has 0 radical (unpaired) electrons. The Morgan fingerprint density at radius 2 is 1.68 bits per heavy atom. The van der Waals surface area contributed by atoms with Crippen molar-refractivity contribution in [1.29, 1.82) is 0 Å². The van der Waals surface area contributed by atoms with Crippen LogP contribution >= 0.6 is 23.2 Å². The topological polar surface area (TPSA) is 65.6 Å². The molecule has 0 aliphatic carbocycles. The van der Waals surface area contributed by atoms with E-state index < -0.39 is 6.09 Å². The van der Waals surface area contributed by atoms with Crippen LogP contribution in [0.15, 0.2) is 36.4 Å². The van der Waals surface area contributed by atoms with Gasteiger partial charge in [0.05, 0.1) is 28.0 Å². The normalized spacial score (nSPS) is 13.7. The van der Waals surface area contributed by atoms with Gasteiger partial charge in [0.25, 0.3) is 0 Å². The van der Waals surface area contributed by atoms with Gasteiger partial charge in [-0.05, 0) is 62.9 Å². The van der Waals surface area contributed by atoms with Gasteiger partial charge in [0, 0.05) is 52.3 Å². The number of carbonyl (C=O) groups excluding carboxylic acids is 2. The fourth-order valence-electron chi connectivity index (χ4n) is 4.92. The fraction of sp³-hybridized carbons (Fsp3) is 0.548. The van der Waals surface area contributed by atoms with Gasteiger partial charge in [-0.25, -0.2) is 4.79 Å². The van der Waals surface area contributed by atoms with E-state index >= 15 is 0 Å². The predicted molar refractivity (Wildman–Crippen MR) is 168 cm³/mol. The summed E-state index contributed by atoms with van der Waals surface area (Å²) < 4.78 is 11.6. The fourth-order valence-corrected chi connectivity index (χ4v) is 5.34. The lowest BCUT2D eigenvalue weighted by molar-refractivity contribution is -0.117. The van der Waals surface area contributed by atoms with Crippen molar-refractivity contribution < 1.29 is 19.1 Å². The minimum atomic E-state index is -0.403. The zero-order valence-electron chi connectivity index (χ0n) is 24.8. The van der Waals surface area contributed by atoms with Crippen LogP contribution in [-0.2, 0) is 9.53 Å². The Balaban J connectivity index is 1.45. The van der Waals surface area contributed by atoms with E-state index in [9.17, 15) is 9.59 Å². The summed E-state index contributed by atoms with van der Waals surface area (Å²) in [5.74, 6) is 0.488.